The standard InChI is InChI=1S/C23H23ClN2O5/c1-5-13(2)31-20-15(8-6-11-19(20)30-4)12-16-21(27)25-23(29)26(22(16)28)18-10-7-9-17(24)14(18)3/h6-13H,5H2,1-4H3,(H,25,27,29)/b16-12+/t13-/m0/s1. The molecule has 1 heterocycles. The molecule has 162 valence electrons. The van der Waals surface area contributed by atoms with Crippen LogP contribution in [0, 0.1) is 6.92 Å². The van der Waals surface area contributed by atoms with Crippen molar-refractivity contribution in [3.05, 3.63) is 58.1 Å². The highest BCUT2D eigenvalue weighted by atomic mass is 35.5. The Kier molecular flexibility index (Phi) is 6.65. The molecule has 0 radical (unpaired) electrons. The zero-order valence-corrected chi connectivity index (χ0v) is 18.4. The number of carbonyl (C=O) groups excluding carboxylic acids is 3. The molecule has 1 aliphatic rings. The highest BCUT2D eigenvalue weighted by Crippen LogP contribution is 2.35. The van der Waals surface area contributed by atoms with E-state index in [1.807, 2.05) is 13.8 Å². The Morgan fingerprint density at radius 2 is 1.87 bits per heavy atom. The summed E-state index contributed by atoms with van der Waals surface area (Å²) in [5.74, 6) is -0.661. The maximum atomic E-state index is 13.2. The number of anilines is 1. The van der Waals surface area contributed by atoms with Crippen molar-refractivity contribution in [3.63, 3.8) is 0 Å². The second-order valence-corrected chi connectivity index (χ2v) is 7.46. The molecule has 2 aromatic carbocycles. The lowest BCUT2D eigenvalue weighted by atomic mass is 10.0. The van der Waals surface area contributed by atoms with Gasteiger partial charge in [-0.05, 0) is 50.1 Å². The molecule has 1 fully saturated rings. The molecule has 1 saturated heterocycles. The van der Waals surface area contributed by atoms with Gasteiger partial charge in [0.1, 0.15) is 5.57 Å². The third-order valence-electron chi connectivity index (χ3n) is 5.00. The maximum absolute atomic E-state index is 13.2. The number of hydrogen-bond donors (Lipinski definition) is 1. The van der Waals surface area contributed by atoms with E-state index in [-0.39, 0.29) is 11.7 Å². The van der Waals surface area contributed by atoms with E-state index in [2.05, 4.69) is 5.32 Å². The largest absolute Gasteiger partial charge is 0.493 e. The number of methoxy groups -OCH3 is 1. The first-order chi connectivity index (χ1) is 14.8. The highest BCUT2D eigenvalue weighted by molar-refractivity contribution is 6.40. The molecule has 1 N–H and O–H groups in total. The number of nitrogens with zero attached hydrogens (tertiary/aromatic N) is 1. The number of para-hydroxylation sites is 1. The molecule has 0 saturated carbocycles. The van der Waals surface area contributed by atoms with Gasteiger partial charge in [0, 0.05) is 10.6 Å². The van der Waals surface area contributed by atoms with Crippen molar-refractivity contribution in [3.8, 4) is 11.5 Å². The number of benzene rings is 2. The number of urea groups is 1. The van der Waals surface area contributed by atoms with Crippen LogP contribution in [0.3, 0.4) is 0 Å². The van der Waals surface area contributed by atoms with Gasteiger partial charge in [-0.2, -0.15) is 0 Å². The lowest BCUT2D eigenvalue weighted by molar-refractivity contribution is -0.122. The van der Waals surface area contributed by atoms with Crippen LogP contribution in [0.25, 0.3) is 6.08 Å². The van der Waals surface area contributed by atoms with Gasteiger partial charge in [0.2, 0.25) is 0 Å². The fraction of sp³-hybridized carbons (Fsp3) is 0.261. The smallest absolute Gasteiger partial charge is 0.335 e. The van der Waals surface area contributed by atoms with Crippen LogP contribution in [-0.4, -0.2) is 31.1 Å². The summed E-state index contributed by atoms with van der Waals surface area (Å²) in [5, 5.41) is 2.62. The lowest BCUT2D eigenvalue weighted by Crippen LogP contribution is -2.54. The predicted molar refractivity (Wildman–Crippen MR) is 119 cm³/mol. The molecule has 0 aromatic heterocycles. The number of halogens is 1. The van der Waals surface area contributed by atoms with Gasteiger partial charge in [-0.25, -0.2) is 9.69 Å². The molecule has 3 rings (SSSR count). The quantitative estimate of drug-likeness (QED) is 0.526. The summed E-state index contributed by atoms with van der Waals surface area (Å²) in [6.45, 7) is 5.58. The molecule has 0 aliphatic carbocycles. The minimum Gasteiger partial charge on any atom is -0.493 e. The molecule has 1 atom stereocenters. The van der Waals surface area contributed by atoms with E-state index in [1.165, 1.54) is 13.2 Å². The Balaban J connectivity index is 2.10. The summed E-state index contributed by atoms with van der Waals surface area (Å²) in [7, 11) is 1.51. The summed E-state index contributed by atoms with van der Waals surface area (Å²) in [5.41, 5.74) is 1.12. The summed E-state index contributed by atoms with van der Waals surface area (Å²) in [4.78, 5) is 39.2. The first-order valence-corrected chi connectivity index (χ1v) is 10.2. The number of amides is 4. The molecule has 0 bridgehead atoms. The second kappa shape index (κ2) is 9.22. The van der Waals surface area contributed by atoms with Gasteiger partial charge in [-0.15, -0.1) is 0 Å². The molecular formula is C23H23ClN2O5. The number of carbonyl (C=O) groups is 3. The Labute approximate surface area is 185 Å². The third kappa shape index (κ3) is 4.41. The molecule has 4 amide bonds. The topological polar surface area (TPSA) is 84.9 Å². The number of ether oxygens (including phenoxy) is 2. The van der Waals surface area contributed by atoms with Crippen LogP contribution >= 0.6 is 11.6 Å². The van der Waals surface area contributed by atoms with Crippen molar-refractivity contribution in [1.82, 2.24) is 5.32 Å². The number of barbiturate groups is 1. The SMILES string of the molecule is CC[C@H](C)Oc1c(/C=C2\C(=O)NC(=O)N(c3cccc(Cl)c3C)C2=O)cccc1OC. The van der Waals surface area contributed by atoms with Gasteiger partial charge in [-0.1, -0.05) is 36.7 Å². The normalized spacial score (nSPS) is 16.4. The fourth-order valence-electron chi connectivity index (χ4n) is 3.09. The van der Waals surface area contributed by atoms with Gasteiger partial charge in [-0.3, -0.25) is 14.9 Å². The predicted octanol–water partition coefficient (Wildman–Crippen LogP) is 4.50. The monoisotopic (exact) mass is 442 g/mol. The zero-order chi connectivity index (χ0) is 22.7. The average Bonchev–Trinajstić information content (AvgIpc) is 2.74. The number of imide groups is 2. The minimum absolute atomic E-state index is 0.114. The molecule has 0 spiro atoms. The molecule has 2 aromatic rings. The Hall–Kier alpha value is -3.32. The van der Waals surface area contributed by atoms with Crippen molar-refractivity contribution in [2.45, 2.75) is 33.3 Å². The van der Waals surface area contributed by atoms with Crippen molar-refractivity contribution in [2.75, 3.05) is 12.0 Å². The van der Waals surface area contributed by atoms with Gasteiger partial charge in [0.15, 0.2) is 11.5 Å². The molecule has 31 heavy (non-hydrogen) atoms. The Morgan fingerprint density at radius 1 is 1.16 bits per heavy atom. The fourth-order valence-corrected chi connectivity index (χ4v) is 3.26. The Bertz CT molecular complexity index is 1080. The molecule has 8 heteroatoms. The lowest BCUT2D eigenvalue weighted by Gasteiger charge is -2.28. The van der Waals surface area contributed by atoms with Gasteiger partial charge < -0.3 is 9.47 Å². The van der Waals surface area contributed by atoms with Crippen LogP contribution in [0.1, 0.15) is 31.4 Å². The van der Waals surface area contributed by atoms with Crippen LogP contribution in [0.2, 0.25) is 5.02 Å². The van der Waals surface area contributed by atoms with Crippen LogP contribution in [0.5, 0.6) is 11.5 Å². The minimum atomic E-state index is -0.834. The molecule has 0 unspecified atom stereocenters. The molecule has 1 aliphatic heterocycles. The number of rotatable bonds is 6. The van der Waals surface area contributed by atoms with Crippen LogP contribution < -0.4 is 19.7 Å². The number of nitrogens with one attached hydrogen (secondary N) is 1. The summed E-state index contributed by atoms with van der Waals surface area (Å²) < 4.78 is 11.4. The third-order valence-corrected chi connectivity index (χ3v) is 5.41. The molecular weight excluding hydrogens is 420 g/mol. The van der Waals surface area contributed by atoms with Gasteiger partial charge in [0.05, 0.1) is 18.9 Å². The van der Waals surface area contributed by atoms with E-state index >= 15 is 0 Å². The Morgan fingerprint density at radius 3 is 2.55 bits per heavy atom. The van der Waals surface area contributed by atoms with Crippen molar-refractivity contribution < 1.29 is 23.9 Å². The summed E-state index contributed by atoms with van der Waals surface area (Å²) in [6, 6.07) is 9.21. The zero-order valence-electron chi connectivity index (χ0n) is 17.7. The van der Waals surface area contributed by atoms with Crippen molar-refractivity contribution in [2.24, 2.45) is 0 Å². The summed E-state index contributed by atoms with van der Waals surface area (Å²) in [6.07, 6.45) is 2.04. The number of hydrogen-bond acceptors (Lipinski definition) is 5. The van der Waals surface area contributed by atoms with Gasteiger partial charge in [0.25, 0.3) is 11.8 Å². The van der Waals surface area contributed by atoms with Crippen molar-refractivity contribution >= 4 is 41.2 Å². The van der Waals surface area contributed by atoms with Crippen LogP contribution in [-0.2, 0) is 9.59 Å². The highest BCUT2D eigenvalue weighted by Gasteiger charge is 2.38. The first kappa shape index (κ1) is 22.4. The van der Waals surface area contributed by atoms with E-state index in [0.717, 1.165) is 11.3 Å². The summed E-state index contributed by atoms with van der Waals surface area (Å²) >= 11 is 6.16. The van der Waals surface area contributed by atoms with Gasteiger partial charge >= 0.3 is 6.03 Å². The van der Waals surface area contributed by atoms with E-state index in [0.29, 0.717) is 33.3 Å². The van der Waals surface area contributed by atoms with E-state index < -0.39 is 17.8 Å². The van der Waals surface area contributed by atoms with E-state index in [4.69, 9.17) is 21.1 Å². The van der Waals surface area contributed by atoms with E-state index in [9.17, 15) is 14.4 Å². The maximum Gasteiger partial charge on any atom is 0.335 e. The second-order valence-electron chi connectivity index (χ2n) is 7.06. The van der Waals surface area contributed by atoms with Crippen LogP contribution in [0.4, 0.5) is 10.5 Å². The van der Waals surface area contributed by atoms with Crippen molar-refractivity contribution in [1.29, 1.82) is 0 Å². The van der Waals surface area contributed by atoms with Crippen LogP contribution in [0.15, 0.2) is 42.0 Å². The first-order valence-electron chi connectivity index (χ1n) is 9.78. The van der Waals surface area contributed by atoms with E-state index in [1.54, 1.807) is 43.3 Å². The molecule has 7 nitrogen and oxygen atoms in total. The average molecular weight is 443 g/mol.